The van der Waals surface area contributed by atoms with Gasteiger partial charge in [0, 0.05) is 31.9 Å². The molecule has 0 fully saturated rings. The monoisotopic (exact) mass is 250 g/mol. The van der Waals surface area contributed by atoms with Crippen LogP contribution in [-0.4, -0.2) is 28.5 Å². The zero-order valence-corrected chi connectivity index (χ0v) is 10.6. The maximum Gasteiger partial charge on any atom is 0.205 e. The number of nitrogens with zero attached hydrogens (tertiary/aromatic N) is 4. The Bertz CT molecular complexity index is 460. The Kier molecular flexibility index (Phi) is 4.00. The van der Waals surface area contributed by atoms with E-state index in [-0.39, 0.29) is 0 Å². The smallest absolute Gasteiger partial charge is 0.205 e. The third kappa shape index (κ3) is 3.21. The third-order valence-corrected chi connectivity index (χ3v) is 3.05. The van der Waals surface area contributed by atoms with Crippen molar-refractivity contribution >= 4 is 16.7 Å². The predicted octanol–water partition coefficient (Wildman–Crippen LogP) is 1.72. The van der Waals surface area contributed by atoms with Crippen molar-refractivity contribution in [1.82, 2.24) is 14.3 Å². The van der Waals surface area contributed by atoms with Crippen molar-refractivity contribution in [3.63, 3.8) is 0 Å². The van der Waals surface area contributed by atoms with Crippen molar-refractivity contribution in [2.45, 2.75) is 13.2 Å². The van der Waals surface area contributed by atoms with E-state index in [1.165, 1.54) is 11.5 Å². The van der Waals surface area contributed by atoms with E-state index >= 15 is 0 Å². The van der Waals surface area contributed by atoms with E-state index in [4.69, 9.17) is 4.74 Å². The molecular weight excluding hydrogens is 236 g/mol. The number of aromatic nitrogens is 3. The summed E-state index contributed by atoms with van der Waals surface area (Å²) in [5.74, 6) is 0.723. The summed E-state index contributed by atoms with van der Waals surface area (Å²) < 4.78 is 9.20. The van der Waals surface area contributed by atoms with Crippen LogP contribution in [0.3, 0.4) is 0 Å². The second kappa shape index (κ2) is 5.70. The van der Waals surface area contributed by atoms with E-state index in [9.17, 15) is 0 Å². The molecule has 0 unspecified atom stereocenters. The third-order valence-electron chi connectivity index (χ3n) is 2.18. The van der Waals surface area contributed by atoms with Crippen LogP contribution in [0.5, 0.6) is 0 Å². The molecule has 2 aromatic rings. The van der Waals surface area contributed by atoms with Gasteiger partial charge in [-0.25, -0.2) is 4.98 Å². The van der Waals surface area contributed by atoms with Crippen molar-refractivity contribution in [2.24, 2.45) is 0 Å². The lowest BCUT2D eigenvalue weighted by Gasteiger charge is -2.13. The van der Waals surface area contributed by atoms with E-state index in [0.717, 1.165) is 23.2 Å². The van der Waals surface area contributed by atoms with Crippen molar-refractivity contribution in [1.29, 1.82) is 0 Å². The maximum atomic E-state index is 4.99. The molecule has 2 heterocycles. The molecule has 0 radical (unpaired) electrons. The molecule has 0 saturated carbocycles. The quantitative estimate of drug-likeness (QED) is 0.808. The topological polar surface area (TPSA) is 51.1 Å². The molecule has 0 N–H and O–H groups in total. The molecule has 0 bridgehead atoms. The largest absolute Gasteiger partial charge is 0.377 e. The van der Waals surface area contributed by atoms with Gasteiger partial charge in [0.2, 0.25) is 5.13 Å². The summed E-state index contributed by atoms with van der Waals surface area (Å²) in [5.41, 5.74) is 1.01. The van der Waals surface area contributed by atoms with Crippen LogP contribution in [0.4, 0.5) is 5.13 Å². The Morgan fingerprint density at radius 1 is 1.41 bits per heavy atom. The lowest BCUT2D eigenvalue weighted by molar-refractivity contribution is 0.179. The number of ether oxygens (including phenoxy) is 1. The van der Waals surface area contributed by atoms with Crippen LogP contribution in [-0.2, 0) is 17.9 Å². The summed E-state index contributed by atoms with van der Waals surface area (Å²) in [6, 6.07) is 5.88. The first-order chi connectivity index (χ1) is 8.29. The standard InChI is InChI=1S/C11H14N4OS/c1-15(7-9-5-3-4-6-12-9)11-13-10(8-16-2)14-17-11/h3-6H,7-8H2,1-2H3. The van der Waals surface area contributed by atoms with Gasteiger partial charge in [0.1, 0.15) is 6.61 Å². The minimum Gasteiger partial charge on any atom is -0.377 e. The molecule has 0 aliphatic heterocycles. The Morgan fingerprint density at radius 3 is 3.00 bits per heavy atom. The SMILES string of the molecule is COCc1nsc(N(C)Cc2ccccn2)n1. The normalized spacial score (nSPS) is 10.5. The Morgan fingerprint density at radius 2 is 2.29 bits per heavy atom. The molecule has 6 heteroatoms. The number of hydrogen-bond acceptors (Lipinski definition) is 6. The molecule has 0 aliphatic carbocycles. The van der Waals surface area contributed by atoms with Gasteiger partial charge in [0.05, 0.1) is 12.2 Å². The summed E-state index contributed by atoms with van der Waals surface area (Å²) >= 11 is 1.37. The molecule has 0 spiro atoms. The van der Waals surface area contributed by atoms with Gasteiger partial charge in [-0.2, -0.15) is 4.37 Å². The van der Waals surface area contributed by atoms with Crippen LogP contribution in [0.2, 0.25) is 0 Å². The zero-order chi connectivity index (χ0) is 12.1. The fourth-order valence-corrected chi connectivity index (χ4v) is 2.02. The fourth-order valence-electron chi connectivity index (χ4n) is 1.39. The van der Waals surface area contributed by atoms with Crippen molar-refractivity contribution < 1.29 is 4.74 Å². The van der Waals surface area contributed by atoms with Gasteiger partial charge in [0.25, 0.3) is 0 Å². The minimum absolute atomic E-state index is 0.452. The van der Waals surface area contributed by atoms with Gasteiger partial charge >= 0.3 is 0 Å². The van der Waals surface area contributed by atoms with Crippen LogP contribution >= 0.6 is 11.5 Å². The number of rotatable bonds is 5. The van der Waals surface area contributed by atoms with E-state index < -0.39 is 0 Å². The molecule has 2 rings (SSSR count). The van der Waals surface area contributed by atoms with Crippen LogP contribution in [0, 0.1) is 0 Å². The highest BCUT2D eigenvalue weighted by atomic mass is 32.1. The highest BCUT2D eigenvalue weighted by Gasteiger charge is 2.09. The lowest BCUT2D eigenvalue weighted by atomic mass is 10.3. The van der Waals surface area contributed by atoms with Crippen LogP contribution < -0.4 is 4.90 Å². The first kappa shape index (κ1) is 11.9. The highest BCUT2D eigenvalue weighted by molar-refractivity contribution is 7.09. The molecule has 5 nitrogen and oxygen atoms in total. The zero-order valence-electron chi connectivity index (χ0n) is 9.83. The van der Waals surface area contributed by atoms with Crippen molar-refractivity contribution in [2.75, 3.05) is 19.1 Å². The number of anilines is 1. The first-order valence-electron chi connectivity index (χ1n) is 5.22. The maximum absolute atomic E-state index is 4.99. The molecule has 0 saturated heterocycles. The van der Waals surface area contributed by atoms with Gasteiger partial charge in [-0.15, -0.1) is 0 Å². The summed E-state index contributed by atoms with van der Waals surface area (Å²) in [6.07, 6.45) is 1.79. The number of hydrogen-bond donors (Lipinski definition) is 0. The van der Waals surface area contributed by atoms with Crippen molar-refractivity contribution in [3.05, 3.63) is 35.9 Å². The molecule has 0 aliphatic rings. The van der Waals surface area contributed by atoms with E-state index in [0.29, 0.717) is 6.61 Å². The molecule has 0 aromatic carbocycles. The summed E-state index contributed by atoms with van der Waals surface area (Å²) in [4.78, 5) is 10.7. The molecule has 0 atom stereocenters. The van der Waals surface area contributed by atoms with Crippen LogP contribution in [0.1, 0.15) is 11.5 Å². The number of pyridine rings is 1. The average molecular weight is 250 g/mol. The van der Waals surface area contributed by atoms with Gasteiger partial charge in [0.15, 0.2) is 5.82 Å². The predicted molar refractivity (Wildman–Crippen MR) is 67.0 cm³/mol. The number of methoxy groups -OCH3 is 1. The minimum atomic E-state index is 0.452. The Balaban J connectivity index is 2.01. The van der Waals surface area contributed by atoms with E-state index in [1.807, 2.05) is 30.1 Å². The summed E-state index contributed by atoms with van der Waals surface area (Å²) in [6.45, 7) is 1.18. The van der Waals surface area contributed by atoms with E-state index in [2.05, 4.69) is 14.3 Å². The van der Waals surface area contributed by atoms with Crippen molar-refractivity contribution in [3.8, 4) is 0 Å². The average Bonchev–Trinajstić information content (AvgIpc) is 2.79. The Labute approximate surface area is 104 Å². The van der Waals surface area contributed by atoms with Crippen LogP contribution in [0.25, 0.3) is 0 Å². The fraction of sp³-hybridized carbons (Fsp3) is 0.364. The van der Waals surface area contributed by atoms with Crippen LogP contribution in [0.15, 0.2) is 24.4 Å². The molecule has 0 amide bonds. The second-order valence-corrected chi connectivity index (χ2v) is 4.33. The van der Waals surface area contributed by atoms with E-state index in [1.54, 1.807) is 13.3 Å². The molecule has 17 heavy (non-hydrogen) atoms. The summed E-state index contributed by atoms with van der Waals surface area (Å²) in [5, 5.41) is 0.878. The van der Waals surface area contributed by atoms with Gasteiger partial charge in [-0.1, -0.05) is 6.07 Å². The highest BCUT2D eigenvalue weighted by Crippen LogP contribution is 2.17. The van der Waals surface area contributed by atoms with Gasteiger partial charge in [-0.3, -0.25) is 4.98 Å². The molecule has 2 aromatic heterocycles. The lowest BCUT2D eigenvalue weighted by Crippen LogP contribution is -2.16. The first-order valence-corrected chi connectivity index (χ1v) is 5.99. The van der Waals surface area contributed by atoms with Gasteiger partial charge in [-0.05, 0) is 12.1 Å². The molecular formula is C11H14N4OS. The second-order valence-electron chi connectivity index (χ2n) is 3.60. The summed E-state index contributed by atoms with van der Waals surface area (Å²) in [7, 11) is 3.62. The Hall–Kier alpha value is -1.53. The van der Waals surface area contributed by atoms with Gasteiger partial charge < -0.3 is 9.64 Å². The molecule has 90 valence electrons.